The lowest BCUT2D eigenvalue weighted by molar-refractivity contribution is 0.0954. The summed E-state index contributed by atoms with van der Waals surface area (Å²) in [5.74, 6) is 1.09. The summed E-state index contributed by atoms with van der Waals surface area (Å²) in [6, 6.07) is 13.0. The minimum absolute atomic E-state index is 0.0271. The first-order valence-electron chi connectivity index (χ1n) is 9.06. The predicted molar refractivity (Wildman–Crippen MR) is 110 cm³/mol. The van der Waals surface area contributed by atoms with Crippen LogP contribution in [0.4, 0.5) is 0 Å². The third-order valence-electron chi connectivity index (χ3n) is 3.85. The molecule has 0 atom stereocenters. The second-order valence-corrected chi connectivity index (χ2v) is 6.78. The molecule has 0 saturated heterocycles. The van der Waals surface area contributed by atoms with Crippen LogP contribution in [0.5, 0.6) is 5.75 Å². The fraction of sp³-hybridized carbons (Fsp3) is 0.318. The molecular formula is C22H26ClNO3. The van der Waals surface area contributed by atoms with E-state index in [1.165, 1.54) is 0 Å². The van der Waals surface area contributed by atoms with Crippen LogP contribution in [0.1, 0.15) is 42.3 Å². The second-order valence-electron chi connectivity index (χ2n) is 6.37. The van der Waals surface area contributed by atoms with Gasteiger partial charge < -0.3 is 14.8 Å². The Hall–Kier alpha value is -2.46. The van der Waals surface area contributed by atoms with Crippen molar-refractivity contribution in [2.75, 3.05) is 13.2 Å². The fourth-order valence-corrected chi connectivity index (χ4v) is 2.75. The molecule has 4 nitrogen and oxygen atoms in total. The minimum atomic E-state index is -0.158. The molecule has 0 aliphatic carbocycles. The lowest BCUT2D eigenvalue weighted by atomic mass is 10.1. The van der Waals surface area contributed by atoms with Crippen LogP contribution in [0.2, 0.25) is 5.02 Å². The van der Waals surface area contributed by atoms with Crippen LogP contribution in [-0.4, -0.2) is 25.2 Å². The van der Waals surface area contributed by atoms with Gasteiger partial charge in [0.2, 0.25) is 0 Å². The Balaban J connectivity index is 1.87. The highest BCUT2D eigenvalue weighted by Crippen LogP contribution is 2.26. The number of halogens is 1. The molecule has 0 aliphatic rings. The predicted octanol–water partition coefficient (Wildman–Crippen LogP) is 5.11. The number of nitrogens with one attached hydrogen (secondary N) is 1. The lowest BCUT2D eigenvalue weighted by Gasteiger charge is -2.12. The van der Waals surface area contributed by atoms with Crippen molar-refractivity contribution in [1.29, 1.82) is 0 Å². The summed E-state index contributed by atoms with van der Waals surface area (Å²) in [5.41, 5.74) is 2.60. The molecule has 0 aliphatic heterocycles. The maximum atomic E-state index is 12.3. The molecule has 0 spiro atoms. The molecule has 0 fully saturated rings. The molecule has 0 heterocycles. The van der Waals surface area contributed by atoms with E-state index in [0.717, 1.165) is 17.5 Å². The van der Waals surface area contributed by atoms with Gasteiger partial charge in [-0.3, -0.25) is 4.79 Å². The summed E-state index contributed by atoms with van der Waals surface area (Å²) >= 11 is 6.19. The average molecular weight is 388 g/mol. The summed E-state index contributed by atoms with van der Waals surface area (Å²) in [6.07, 6.45) is 0.759. The summed E-state index contributed by atoms with van der Waals surface area (Å²) in [6.45, 7) is 10.8. The topological polar surface area (TPSA) is 47.6 Å². The maximum Gasteiger partial charge on any atom is 0.251 e. The smallest absolute Gasteiger partial charge is 0.251 e. The molecule has 0 radical (unpaired) electrons. The zero-order chi connectivity index (χ0) is 19.8. The van der Waals surface area contributed by atoms with Crippen LogP contribution in [0.3, 0.4) is 0 Å². The lowest BCUT2D eigenvalue weighted by Crippen LogP contribution is -2.25. The Morgan fingerprint density at radius 2 is 1.81 bits per heavy atom. The normalized spacial score (nSPS) is 10.6. The van der Waals surface area contributed by atoms with E-state index in [1.54, 1.807) is 18.2 Å². The van der Waals surface area contributed by atoms with Gasteiger partial charge in [0, 0.05) is 17.7 Å². The first kappa shape index (κ1) is 20.8. The van der Waals surface area contributed by atoms with Gasteiger partial charge in [-0.1, -0.05) is 42.4 Å². The number of carbonyl (C=O) groups is 1. The number of carbonyl (C=O) groups excluding carboxylic acids is 1. The molecule has 27 heavy (non-hydrogen) atoms. The Morgan fingerprint density at radius 3 is 2.41 bits per heavy atom. The minimum Gasteiger partial charge on any atom is -0.494 e. The van der Waals surface area contributed by atoms with Crippen LogP contribution in [0.15, 0.2) is 49.0 Å². The Bertz CT molecular complexity index is 785. The highest BCUT2D eigenvalue weighted by molar-refractivity contribution is 6.32. The van der Waals surface area contributed by atoms with Crippen molar-refractivity contribution in [3.63, 3.8) is 0 Å². The van der Waals surface area contributed by atoms with E-state index in [9.17, 15) is 4.79 Å². The number of hydrogen-bond donors (Lipinski definition) is 1. The first-order valence-corrected chi connectivity index (χ1v) is 9.44. The number of hydrogen-bond acceptors (Lipinski definition) is 3. The molecule has 2 rings (SSSR count). The van der Waals surface area contributed by atoms with Gasteiger partial charge in [0.05, 0.1) is 17.7 Å². The van der Waals surface area contributed by atoms with Gasteiger partial charge in [-0.05, 0) is 51.0 Å². The van der Waals surface area contributed by atoms with Crippen molar-refractivity contribution in [2.24, 2.45) is 0 Å². The molecule has 5 heteroatoms. The number of benzene rings is 2. The molecular weight excluding hydrogens is 362 g/mol. The van der Waals surface area contributed by atoms with E-state index in [2.05, 4.69) is 11.9 Å². The van der Waals surface area contributed by atoms with Crippen LogP contribution >= 0.6 is 11.6 Å². The van der Waals surface area contributed by atoms with E-state index < -0.39 is 0 Å². The van der Waals surface area contributed by atoms with Gasteiger partial charge in [0.1, 0.15) is 11.5 Å². The fourth-order valence-electron chi connectivity index (χ4n) is 2.53. The molecule has 1 amide bonds. The van der Waals surface area contributed by atoms with Crippen LogP contribution in [0.25, 0.3) is 5.76 Å². The van der Waals surface area contributed by atoms with Crippen LogP contribution in [-0.2, 0) is 11.2 Å². The number of amides is 1. The highest BCUT2D eigenvalue weighted by atomic mass is 35.5. The molecule has 0 aromatic heterocycles. The Kier molecular flexibility index (Phi) is 7.74. The quantitative estimate of drug-likeness (QED) is 0.608. The molecule has 0 unspecified atom stereocenters. The highest BCUT2D eigenvalue weighted by Gasteiger charge is 2.10. The van der Waals surface area contributed by atoms with E-state index in [4.69, 9.17) is 21.1 Å². The van der Waals surface area contributed by atoms with Crippen molar-refractivity contribution in [2.45, 2.75) is 33.3 Å². The number of rotatable bonds is 9. The maximum absolute atomic E-state index is 12.3. The third-order valence-corrected chi connectivity index (χ3v) is 4.15. The average Bonchev–Trinajstić information content (AvgIpc) is 2.63. The van der Waals surface area contributed by atoms with Crippen LogP contribution < -0.4 is 10.1 Å². The van der Waals surface area contributed by atoms with Crippen molar-refractivity contribution in [1.82, 2.24) is 5.32 Å². The Morgan fingerprint density at radius 1 is 1.15 bits per heavy atom. The van der Waals surface area contributed by atoms with Crippen molar-refractivity contribution in [3.8, 4) is 5.75 Å². The van der Waals surface area contributed by atoms with E-state index in [-0.39, 0.29) is 12.0 Å². The summed E-state index contributed by atoms with van der Waals surface area (Å²) in [7, 11) is 0. The van der Waals surface area contributed by atoms with E-state index >= 15 is 0 Å². The van der Waals surface area contributed by atoms with Gasteiger partial charge in [-0.2, -0.15) is 0 Å². The largest absolute Gasteiger partial charge is 0.494 e. The number of ether oxygens (including phenoxy) is 2. The van der Waals surface area contributed by atoms with Crippen molar-refractivity contribution in [3.05, 3.63) is 70.8 Å². The summed E-state index contributed by atoms with van der Waals surface area (Å²) < 4.78 is 11.0. The first-order chi connectivity index (χ1) is 12.9. The standard InChI is InChI=1S/C22H26ClNO3/c1-5-26-16(4)18-8-6-17(7-9-18)12-13-24-22(25)19-10-11-21(20(23)14-19)27-15(2)3/h6-11,14-15H,4-5,12-13H2,1-3H3,(H,24,25). The molecule has 0 bridgehead atoms. The van der Waals surface area contributed by atoms with Crippen LogP contribution in [0, 0.1) is 0 Å². The molecule has 2 aromatic rings. The SMILES string of the molecule is C=C(OCC)c1ccc(CCNC(=O)c2ccc(OC(C)C)c(Cl)c2)cc1. The third kappa shape index (κ3) is 6.33. The van der Waals surface area contributed by atoms with Gasteiger partial charge in [0.25, 0.3) is 5.91 Å². The Labute approximate surface area is 166 Å². The summed E-state index contributed by atoms with van der Waals surface area (Å²) in [4.78, 5) is 12.3. The zero-order valence-corrected chi connectivity index (χ0v) is 16.8. The van der Waals surface area contributed by atoms with Gasteiger partial charge in [0.15, 0.2) is 0 Å². The molecule has 144 valence electrons. The monoisotopic (exact) mass is 387 g/mol. The van der Waals surface area contributed by atoms with Gasteiger partial charge in [-0.15, -0.1) is 0 Å². The molecule has 1 N–H and O–H groups in total. The molecule has 2 aromatic carbocycles. The summed E-state index contributed by atoms with van der Waals surface area (Å²) in [5, 5.41) is 3.34. The van der Waals surface area contributed by atoms with Gasteiger partial charge in [-0.25, -0.2) is 0 Å². The van der Waals surface area contributed by atoms with E-state index in [1.807, 2.05) is 45.0 Å². The second kappa shape index (κ2) is 10.0. The van der Waals surface area contributed by atoms with E-state index in [0.29, 0.717) is 35.2 Å². The van der Waals surface area contributed by atoms with Crippen molar-refractivity contribution >= 4 is 23.3 Å². The van der Waals surface area contributed by atoms with Gasteiger partial charge >= 0.3 is 0 Å². The zero-order valence-electron chi connectivity index (χ0n) is 16.0. The van der Waals surface area contributed by atoms with Crippen molar-refractivity contribution < 1.29 is 14.3 Å². The molecule has 0 saturated carbocycles.